The second-order valence-corrected chi connectivity index (χ2v) is 13.7. The number of hydrogen-bond donors (Lipinski definition) is 1. The number of aliphatic hydroxyl groups is 1. The van der Waals surface area contributed by atoms with Crippen LogP contribution in [-0.4, -0.2) is 20.0 Å². The quantitative estimate of drug-likeness (QED) is 0.187. The zero-order valence-corrected chi connectivity index (χ0v) is 21.0. The summed E-state index contributed by atoms with van der Waals surface area (Å²) in [7, 11) is -1.81. The molecule has 0 bridgehead atoms. The topological polar surface area (TPSA) is 29.5 Å². The molecular weight excluding hydrogens is 475 g/mol. The SMILES string of the molecule is CC(C)(C)[Si](C)(C)OCc1ccccc1/C=C(\C#CCCCCC#CI)CO. The molecule has 0 radical (unpaired) electrons. The Bertz CT molecular complexity index is 768. The average molecular weight is 509 g/mol. The molecule has 2 nitrogen and oxygen atoms in total. The first kappa shape index (κ1) is 25.0. The van der Waals surface area contributed by atoms with E-state index in [1.165, 1.54) is 0 Å². The molecule has 28 heavy (non-hydrogen) atoms. The molecule has 0 spiro atoms. The maximum absolute atomic E-state index is 9.70. The Balaban J connectivity index is 2.82. The van der Waals surface area contributed by atoms with Crippen LogP contribution in [0.2, 0.25) is 18.1 Å². The van der Waals surface area contributed by atoms with Gasteiger partial charge in [-0.3, -0.25) is 0 Å². The third-order valence-corrected chi connectivity index (χ3v) is 9.98. The molecule has 1 N–H and O–H groups in total. The van der Waals surface area contributed by atoms with E-state index in [9.17, 15) is 5.11 Å². The number of unbranched alkanes of at least 4 members (excludes halogenated alkanes) is 3. The fourth-order valence-electron chi connectivity index (χ4n) is 2.24. The van der Waals surface area contributed by atoms with Gasteiger partial charge in [-0.05, 0) is 52.1 Å². The number of aliphatic hydroxyl groups excluding tert-OH is 1. The molecule has 0 unspecified atom stereocenters. The van der Waals surface area contributed by atoms with Crippen LogP contribution in [0.4, 0.5) is 0 Å². The zero-order valence-electron chi connectivity index (χ0n) is 17.9. The van der Waals surface area contributed by atoms with Crippen LogP contribution in [0.3, 0.4) is 0 Å². The van der Waals surface area contributed by atoms with Crippen LogP contribution in [0.25, 0.3) is 6.08 Å². The van der Waals surface area contributed by atoms with Crippen LogP contribution in [0.1, 0.15) is 57.6 Å². The minimum absolute atomic E-state index is 0.0509. The summed E-state index contributed by atoms with van der Waals surface area (Å²) in [6, 6.07) is 8.20. The first-order valence-electron chi connectivity index (χ1n) is 9.82. The van der Waals surface area contributed by atoms with Crippen LogP contribution in [-0.2, 0) is 11.0 Å². The molecule has 1 rings (SSSR count). The third-order valence-electron chi connectivity index (χ3n) is 5.12. The van der Waals surface area contributed by atoms with E-state index in [2.05, 4.69) is 90.3 Å². The van der Waals surface area contributed by atoms with Crippen LogP contribution < -0.4 is 0 Å². The van der Waals surface area contributed by atoms with Gasteiger partial charge in [-0.15, -0.1) is 0 Å². The molecule has 0 saturated heterocycles. The second kappa shape index (κ2) is 12.5. The van der Waals surface area contributed by atoms with Crippen molar-refractivity contribution in [2.45, 2.75) is 71.2 Å². The standard InChI is InChI=1S/C24H33IO2Si/c1-24(2,3)28(4,5)27-20-23-16-12-11-15-22(23)18-21(19-26)14-10-8-6-7-9-13-17-25/h11-12,15-16,18,26H,6-9,19-20H2,1-5H3/b21-18+. The predicted molar refractivity (Wildman–Crippen MR) is 132 cm³/mol. The average Bonchev–Trinajstić information content (AvgIpc) is 2.64. The van der Waals surface area contributed by atoms with Crippen molar-refractivity contribution >= 4 is 37.0 Å². The molecular formula is C24H33IO2Si. The van der Waals surface area contributed by atoms with Gasteiger partial charge < -0.3 is 9.53 Å². The highest BCUT2D eigenvalue weighted by Gasteiger charge is 2.37. The first-order valence-corrected chi connectivity index (χ1v) is 13.8. The Morgan fingerprint density at radius 3 is 2.39 bits per heavy atom. The predicted octanol–water partition coefficient (Wildman–Crippen LogP) is 6.54. The van der Waals surface area contributed by atoms with Crippen molar-refractivity contribution in [1.29, 1.82) is 0 Å². The van der Waals surface area contributed by atoms with Crippen molar-refractivity contribution in [2.24, 2.45) is 0 Å². The van der Waals surface area contributed by atoms with E-state index in [4.69, 9.17) is 4.43 Å². The monoisotopic (exact) mass is 508 g/mol. The Labute approximate surface area is 186 Å². The molecule has 0 aliphatic carbocycles. The van der Waals surface area contributed by atoms with Gasteiger partial charge in [0.2, 0.25) is 0 Å². The van der Waals surface area contributed by atoms with Crippen molar-refractivity contribution in [3.63, 3.8) is 0 Å². The van der Waals surface area contributed by atoms with E-state index in [0.29, 0.717) is 6.61 Å². The van der Waals surface area contributed by atoms with Gasteiger partial charge in [0.25, 0.3) is 0 Å². The van der Waals surface area contributed by atoms with Crippen molar-refractivity contribution < 1.29 is 9.53 Å². The minimum atomic E-state index is -1.81. The highest BCUT2D eigenvalue weighted by Crippen LogP contribution is 2.37. The lowest BCUT2D eigenvalue weighted by Crippen LogP contribution is -2.40. The highest BCUT2D eigenvalue weighted by molar-refractivity contribution is 14.1. The molecule has 0 amide bonds. The lowest BCUT2D eigenvalue weighted by atomic mass is 10.1. The van der Waals surface area contributed by atoms with E-state index in [-0.39, 0.29) is 11.6 Å². The molecule has 0 aliphatic rings. The number of benzene rings is 1. The summed E-state index contributed by atoms with van der Waals surface area (Å²) in [6.07, 6.45) is 5.84. The Kier molecular flexibility index (Phi) is 11.2. The maximum atomic E-state index is 9.70. The number of halogens is 1. The van der Waals surface area contributed by atoms with Gasteiger partial charge in [0, 0.05) is 41.0 Å². The minimum Gasteiger partial charge on any atom is -0.413 e. The number of hydrogen-bond acceptors (Lipinski definition) is 2. The van der Waals surface area contributed by atoms with E-state index >= 15 is 0 Å². The highest BCUT2D eigenvalue weighted by atomic mass is 127. The van der Waals surface area contributed by atoms with E-state index < -0.39 is 8.32 Å². The van der Waals surface area contributed by atoms with Gasteiger partial charge in [0.05, 0.1) is 13.2 Å². The molecule has 1 aromatic carbocycles. The summed E-state index contributed by atoms with van der Waals surface area (Å²) in [5.41, 5.74) is 2.95. The largest absolute Gasteiger partial charge is 0.413 e. The zero-order chi connectivity index (χ0) is 21.0. The van der Waals surface area contributed by atoms with Crippen LogP contribution in [0.15, 0.2) is 29.8 Å². The molecule has 0 atom stereocenters. The van der Waals surface area contributed by atoms with Gasteiger partial charge in [0.15, 0.2) is 8.32 Å². The van der Waals surface area contributed by atoms with Crippen molar-refractivity contribution in [2.75, 3.05) is 6.61 Å². The third kappa shape index (κ3) is 8.96. The van der Waals surface area contributed by atoms with Crippen LogP contribution in [0, 0.1) is 21.7 Å². The second-order valence-electron chi connectivity index (χ2n) is 8.36. The smallest absolute Gasteiger partial charge is 0.192 e. The van der Waals surface area contributed by atoms with Crippen molar-refractivity contribution in [1.82, 2.24) is 0 Å². The number of rotatable bonds is 8. The first-order chi connectivity index (χ1) is 13.2. The summed E-state index contributed by atoms with van der Waals surface area (Å²) in [6.45, 7) is 11.8. The van der Waals surface area contributed by atoms with Crippen molar-refractivity contribution in [3.8, 4) is 21.7 Å². The Morgan fingerprint density at radius 1 is 1.14 bits per heavy atom. The Morgan fingerprint density at radius 2 is 1.79 bits per heavy atom. The summed E-state index contributed by atoms with van der Waals surface area (Å²) in [5.74, 6) is 9.36. The fraction of sp³-hybridized carbons (Fsp3) is 0.500. The summed E-state index contributed by atoms with van der Waals surface area (Å²) >= 11 is 2.07. The van der Waals surface area contributed by atoms with E-state index in [1.807, 2.05) is 18.2 Å². The van der Waals surface area contributed by atoms with Gasteiger partial charge in [-0.25, -0.2) is 0 Å². The molecule has 0 aromatic heterocycles. The summed E-state index contributed by atoms with van der Waals surface area (Å²) < 4.78 is 9.26. The fourth-order valence-corrected chi connectivity index (χ4v) is 3.46. The summed E-state index contributed by atoms with van der Waals surface area (Å²) in [5, 5.41) is 9.88. The summed E-state index contributed by atoms with van der Waals surface area (Å²) in [4.78, 5) is 0. The van der Waals surface area contributed by atoms with Crippen LogP contribution in [0.5, 0.6) is 0 Å². The maximum Gasteiger partial charge on any atom is 0.192 e. The molecule has 0 heterocycles. The molecule has 0 saturated carbocycles. The molecule has 152 valence electrons. The lowest BCUT2D eigenvalue weighted by molar-refractivity contribution is 0.276. The van der Waals surface area contributed by atoms with Crippen LogP contribution >= 0.6 is 22.6 Å². The van der Waals surface area contributed by atoms with Gasteiger partial charge in [-0.2, -0.15) is 0 Å². The van der Waals surface area contributed by atoms with Gasteiger partial charge >= 0.3 is 0 Å². The molecule has 1 aromatic rings. The van der Waals surface area contributed by atoms with Crippen molar-refractivity contribution in [3.05, 3.63) is 41.0 Å². The van der Waals surface area contributed by atoms with E-state index in [0.717, 1.165) is 42.4 Å². The normalized spacial score (nSPS) is 12.0. The van der Waals surface area contributed by atoms with Gasteiger partial charge in [0.1, 0.15) is 0 Å². The molecule has 4 heteroatoms. The molecule has 0 aliphatic heterocycles. The van der Waals surface area contributed by atoms with E-state index in [1.54, 1.807) is 0 Å². The lowest BCUT2D eigenvalue weighted by Gasteiger charge is -2.36. The Hall–Kier alpha value is -1.05. The van der Waals surface area contributed by atoms with Gasteiger partial charge in [-0.1, -0.05) is 62.8 Å². The molecule has 0 fully saturated rings.